The van der Waals surface area contributed by atoms with Gasteiger partial charge in [-0.15, -0.1) is 0 Å². The standard InChI is InChI=1S/C18H20BrNO6/c1-25-15-8-12(19)7-13(17(15)23)16(22)14(21)9-20-18(24)26-10-11-5-3-2-4-6-11/h2-8,14,16,21-23H,9-10H2,1H3,(H,20,24). The quantitative estimate of drug-likeness (QED) is 0.542. The first kappa shape index (κ1) is 20.0. The molecule has 1 amide bonds. The van der Waals surface area contributed by atoms with Crippen LogP contribution in [0.5, 0.6) is 11.5 Å². The van der Waals surface area contributed by atoms with Crippen molar-refractivity contribution in [3.05, 3.63) is 58.1 Å². The number of aliphatic hydroxyl groups excluding tert-OH is 2. The monoisotopic (exact) mass is 425 g/mol. The van der Waals surface area contributed by atoms with Crippen LogP contribution in [0.25, 0.3) is 0 Å². The van der Waals surface area contributed by atoms with E-state index in [0.29, 0.717) is 4.47 Å². The van der Waals surface area contributed by atoms with Gasteiger partial charge >= 0.3 is 6.09 Å². The number of carbonyl (C=O) groups is 1. The van der Waals surface area contributed by atoms with E-state index in [1.807, 2.05) is 30.3 Å². The molecule has 0 fully saturated rings. The second-order valence-electron chi connectivity index (χ2n) is 5.50. The van der Waals surface area contributed by atoms with Crippen molar-refractivity contribution in [2.75, 3.05) is 13.7 Å². The maximum absolute atomic E-state index is 11.7. The number of hydrogen-bond donors (Lipinski definition) is 4. The number of aliphatic hydroxyl groups is 2. The minimum absolute atomic E-state index is 0.0724. The fourth-order valence-electron chi connectivity index (χ4n) is 2.26. The normalized spacial score (nSPS) is 12.9. The lowest BCUT2D eigenvalue weighted by atomic mass is 10.0. The Bertz CT molecular complexity index is 740. The summed E-state index contributed by atoms with van der Waals surface area (Å²) in [5.41, 5.74) is 0.901. The number of amides is 1. The summed E-state index contributed by atoms with van der Waals surface area (Å²) in [6, 6.07) is 12.1. The van der Waals surface area contributed by atoms with Gasteiger partial charge in [-0.25, -0.2) is 4.79 Å². The van der Waals surface area contributed by atoms with E-state index in [1.165, 1.54) is 19.2 Å². The SMILES string of the molecule is COc1cc(Br)cc(C(O)C(O)CNC(=O)OCc2ccccc2)c1O. The number of phenolic OH excluding ortho intramolecular Hbond substituents is 1. The minimum Gasteiger partial charge on any atom is -0.504 e. The van der Waals surface area contributed by atoms with Crippen LogP contribution in [0.4, 0.5) is 4.79 Å². The summed E-state index contributed by atoms with van der Waals surface area (Å²) >= 11 is 3.24. The van der Waals surface area contributed by atoms with Gasteiger partial charge in [0, 0.05) is 16.6 Å². The fourth-order valence-corrected chi connectivity index (χ4v) is 2.71. The van der Waals surface area contributed by atoms with Crippen LogP contribution in [0.3, 0.4) is 0 Å². The average Bonchev–Trinajstić information content (AvgIpc) is 2.66. The predicted octanol–water partition coefficient (Wildman–Crippen LogP) is 2.48. The predicted molar refractivity (Wildman–Crippen MR) is 98.0 cm³/mol. The number of phenols is 1. The topological polar surface area (TPSA) is 108 Å². The highest BCUT2D eigenvalue weighted by atomic mass is 79.9. The summed E-state index contributed by atoms with van der Waals surface area (Å²) in [4.78, 5) is 11.7. The van der Waals surface area contributed by atoms with Crippen molar-refractivity contribution in [3.8, 4) is 11.5 Å². The third-order valence-corrected chi connectivity index (χ3v) is 4.10. The van der Waals surface area contributed by atoms with Gasteiger partial charge in [-0.05, 0) is 17.7 Å². The molecule has 4 N–H and O–H groups in total. The summed E-state index contributed by atoms with van der Waals surface area (Å²) in [5.74, 6) is -0.134. The Kier molecular flexibility index (Phi) is 7.26. The molecule has 2 aromatic carbocycles. The Morgan fingerprint density at radius 3 is 2.58 bits per heavy atom. The second kappa shape index (κ2) is 9.42. The Hall–Kier alpha value is -2.29. The molecule has 0 aliphatic rings. The molecule has 0 bridgehead atoms. The van der Waals surface area contributed by atoms with Crippen molar-refractivity contribution < 1.29 is 29.6 Å². The third-order valence-electron chi connectivity index (χ3n) is 3.64. The Morgan fingerprint density at radius 1 is 1.23 bits per heavy atom. The highest BCUT2D eigenvalue weighted by Gasteiger charge is 2.24. The maximum Gasteiger partial charge on any atom is 0.407 e. The molecule has 0 spiro atoms. The molecule has 0 saturated heterocycles. The van der Waals surface area contributed by atoms with Gasteiger partial charge in [0.05, 0.1) is 7.11 Å². The summed E-state index contributed by atoms with van der Waals surface area (Å²) in [5, 5.41) is 32.8. The van der Waals surface area contributed by atoms with E-state index in [0.717, 1.165) is 5.56 Å². The van der Waals surface area contributed by atoms with E-state index in [9.17, 15) is 20.1 Å². The lowest BCUT2D eigenvalue weighted by Crippen LogP contribution is -2.35. The summed E-state index contributed by atoms with van der Waals surface area (Å²) in [7, 11) is 1.37. The van der Waals surface area contributed by atoms with Gasteiger partial charge < -0.3 is 30.1 Å². The number of methoxy groups -OCH3 is 1. The van der Waals surface area contributed by atoms with Crippen molar-refractivity contribution in [2.24, 2.45) is 0 Å². The zero-order valence-corrected chi connectivity index (χ0v) is 15.6. The smallest absolute Gasteiger partial charge is 0.407 e. The molecule has 0 radical (unpaired) electrons. The Labute approximate surface area is 159 Å². The average molecular weight is 426 g/mol. The van der Waals surface area contributed by atoms with Crippen molar-refractivity contribution in [2.45, 2.75) is 18.8 Å². The van der Waals surface area contributed by atoms with Crippen LogP contribution in [0.15, 0.2) is 46.9 Å². The lowest BCUT2D eigenvalue weighted by molar-refractivity contribution is 0.0169. The van der Waals surface area contributed by atoms with Crippen molar-refractivity contribution >= 4 is 22.0 Å². The molecular weight excluding hydrogens is 406 g/mol. The highest BCUT2D eigenvalue weighted by Crippen LogP contribution is 2.37. The number of hydrogen-bond acceptors (Lipinski definition) is 6. The first-order valence-electron chi connectivity index (χ1n) is 7.79. The highest BCUT2D eigenvalue weighted by molar-refractivity contribution is 9.10. The summed E-state index contributed by atoms with van der Waals surface area (Å²) < 4.78 is 10.6. The fraction of sp³-hybridized carbons (Fsp3) is 0.278. The summed E-state index contributed by atoms with van der Waals surface area (Å²) in [6.45, 7) is -0.169. The van der Waals surface area contributed by atoms with E-state index >= 15 is 0 Å². The largest absolute Gasteiger partial charge is 0.504 e. The van der Waals surface area contributed by atoms with Gasteiger partial charge in [0.15, 0.2) is 11.5 Å². The molecule has 2 rings (SSSR count). The number of benzene rings is 2. The van der Waals surface area contributed by atoms with E-state index < -0.39 is 18.3 Å². The number of rotatable bonds is 7. The molecule has 0 aliphatic heterocycles. The van der Waals surface area contributed by atoms with Crippen molar-refractivity contribution in [1.82, 2.24) is 5.32 Å². The van der Waals surface area contributed by atoms with Crippen LogP contribution in [0.1, 0.15) is 17.2 Å². The van der Waals surface area contributed by atoms with Crippen molar-refractivity contribution in [1.29, 1.82) is 0 Å². The van der Waals surface area contributed by atoms with Gasteiger partial charge in [0.25, 0.3) is 0 Å². The molecule has 26 heavy (non-hydrogen) atoms. The van der Waals surface area contributed by atoms with Gasteiger partial charge in [-0.2, -0.15) is 0 Å². The van der Waals surface area contributed by atoms with Gasteiger partial charge in [-0.3, -0.25) is 0 Å². The number of ether oxygens (including phenoxy) is 2. The van der Waals surface area contributed by atoms with Crippen LogP contribution < -0.4 is 10.1 Å². The number of alkyl carbamates (subject to hydrolysis) is 1. The first-order valence-corrected chi connectivity index (χ1v) is 8.58. The van der Waals surface area contributed by atoms with Crippen LogP contribution >= 0.6 is 15.9 Å². The second-order valence-corrected chi connectivity index (χ2v) is 6.42. The maximum atomic E-state index is 11.7. The van der Waals surface area contributed by atoms with Crippen molar-refractivity contribution in [3.63, 3.8) is 0 Å². The molecule has 7 nitrogen and oxygen atoms in total. The van der Waals surface area contributed by atoms with Gasteiger partial charge in [0.2, 0.25) is 0 Å². The van der Waals surface area contributed by atoms with E-state index in [2.05, 4.69) is 21.2 Å². The third kappa shape index (κ3) is 5.35. The molecule has 0 aliphatic carbocycles. The molecule has 2 atom stereocenters. The first-order chi connectivity index (χ1) is 12.4. The Morgan fingerprint density at radius 2 is 1.92 bits per heavy atom. The van der Waals surface area contributed by atoms with Gasteiger partial charge in [-0.1, -0.05) is 46.3 Å². The van der Waals surface area contributed by atoms with Crippen LogP contribution in [0.2, 0.25) is 0 Å². The van der Waals surface area contributed by atoms with E-state index in [4.69, 9.17) is 9.47 Å². The molecule has 0 aromatic heterocycles. The van der Waals surface area contributed by atoms with Crippen LogP contribution in [-0.2, 0) is 11.3 Å². The number of halogens is 1. The molecule has 140 valence electrons. The van der Waals surface area contributed by atoms with Crippen LogP contribution in [0, 0.1) is 0 Å². The van der Waals surface area contributed by atoms with E-state index in [-0.39, 0.29) is 30.2 Å². The number of carbonyl (C=O) groups excluding carboxylic acids is 1. The summed E-state index contributed by atoms with van der Waals surface area (Å²) in [6.07, 6.45) is -3.52. The lowest BCUT2D eigenvalue weighted by Gasteiger charge is -2.20. The number of nitrogens with one attached hydrogen (secondary N) is 1. The molecule has 0 saturated carbocycles. The molecule has 2 aromatic rings. The molecule has 8 heteroatoms. The minimum atomic E-state index is -1.43. The van der Waals surface area contributed by atoms with E-state index in [1.54, 1.807) is 0 Å². The Balaban J connectivity index is 1.90. The molecule has 0 heterocycles. The molecular formula is C18H20BrNO6. The number of aromatic hydroxyl groups is 1. The van der Waals surface area contributed by atoms with Crippen LogP contribution in [-0.4, -0.2) is 41.2 Å². The van der Waals surface area contributed by atoms with Gasteiger partial charge in [0.1, 0.15) is 18.8 Å². The zero-order valence-electron chi connectivity index (χ0n) is 14.1. The molecule has 2 unspecified atom stereocenters. The zero-order chi connectivity index (χ0) is 19.1.